The predicted octanol–water partition coefficient (Wildman–Crippen LogP) is 4.03. The quantitative estimate of drug-likeness (QED) is 0.771. The smallest absolute Gasteiger partial charge is 0.303 e. The van der Waals surface area contributed by atoms with E-state index in [9.17, 15) is 4.79 Å². The van der Waals surface area contributed by atoms with E-state index in [0.29, 0.717) is 12.2 Å². The second-order valence-electron chi connectivity index (χ2n) is 4.96. The molecule has 0 aliphatic carbocycles. The molecule has 1 heterocycles. The van der Waals surface area contributed by atoms with Crippen molar-refractivity contribution in [2.75, 3.05) is 0 Å². The molecule has 22 heavy (non-hydrogen) atoms. The zero-order valence-electron chi connectivity index (χ0n) is 11.9. The van der Waals surface area contributed by atoms with Crippen molar-refractivity contribution in [1.29, 1.82) is 0 Å². The fourth-order valence-electron chi connectivity index (χ4n) is 2.41. The normalized spacial score (nSPS) is 10.5. The molecule has 0 fully saturated rings. The maximum absolute atomic E-state index is 10.8. The van der Waals surface area contributed by atoms with E-state index < -0.39 is 5.97 Å². The van der Waals surface area contributed by atoms with Crippen LogP contribution in [0.15, 0.2) is 65.2 Å². The van der Waals surface area contributed by atoms with Crippen molar-refractivity contribution in [2.24, 2.45) is 0 Å². The van der Waals surface area contributed by atoms with E-state index in [-0.39, 0.29) is 6.42 Å². The predicted molar refractivity (Wildman–Crippen MR) is 83.3 cm³/mol. The third-order valence-corrected chi connectivity index (χ3v) is 3.44. The van der Waals surface area contributed by atoms with E-state index in [4.69, 9.17) is 9.63 Å². The second-order valence-corrected chi connectivity index (χ2v) is 4.96. The Kier molecular flexibility index (Phi) is 4.01. The van der Waals surface area contributed by atoms with Crippen LogP contribution in [0.4, 0.5) is 0 Å². The standard InChI is InChI=1S/C18H15NO3/c20-16(21)12-11-15-17(13-7-3-1-4-8-13)18(19-22-15)14-9-5-2-6-10-14/h1-10H,11-12H2,(H,20,21). The molecule has 0 saturated carbocycles. The Bertz CT molecular complexity index is 764. The van der Waals surface area contributed by atoms with Crippen molar-refractivity contribution in [3.63, 3.8) is 0 Å². The van der Waals surface area contributed by atoms with E-state index >= 15 is 0 Å². The molecule has 0 saturated heterocycles. The first kappa shape index (κ1) is 14.1. The number of rotatable bonds is 5. The zero-order valence-corrected chi connectivity index (χ0v) is 11.9. The molecule has 0 spiro atoms. The van der Waals surface area contributed by atoms with Crippen molar-refractivity contribution in [3.8, 4) is 22.4 Å². The van der Waals surface area contributed by atoms with E-state index in [0.717, 1.165) is 22.4 Å². The third kappa shape index (κ3) is 2.91. The number of carbonyl (C=O) groups is 1. The molecule has 0 unspecified atom stereocenters. The average molecular weight is 293 g/mol. The molecule has 0 amide bonds. The molecule has 0 aliphatic heterocycles. The number of aliphatic carboxylic acids is 1. The Morgan fingerprint density at radius 2 is 1.55 bits per heavy atom. The first-order chi connectivity index (χ1) is 10.8. The van der Waals surface area contributed by atoms with Gasteiger partial charge in [-0.1, -0.05) is 65.8 Å². The van der Waals surface area contributed by atoms with Crippen LogP contribution in [0.25, 0.3) is 22.4 Å². The highest BCUT2D eigenvalue weighted by molar-refractivity contribution is 5.82. The number of benzene rings is 2. The Morgan fingerprint density at radius 1 is 0.955 bits per heavy atom. The maximum Gasteiger partial charge on any atom is 0.303 e. The summed E-state index contributed by atoms with van der Waals surface area (Å²) in [6.07, 6.45) is 0.336. The molecule has 110 valence electrons. The van der Waals surface area contributed by atoms with Gasteiger partial charge in [0.15, 0.2) is 0 Å². The molecule has 0 radical (unpaired) electrons. The lowest BCUT2D eigenvalue weighted by molar-refractivity contribution is -0.137. The molecule has 0 bridgehead atoms. The van der Waals surface area contributed by atoms with Crippen molar-refractivity contribution < 1.29 is 14.4 Å². The molecule has 4 nitrogen and oxygen atoms in total. The number of carboxylic acid groups (broad SMARTS) is 1. The van der Waals surface area contributed by atoms with E-state index in [1.807, 2.05) is 60.7 Å². The van der Waals surface area contributed by atoms with Gasteiger partial charge in [0, 0.05) is 12.0 Å². The molecular formula is C18H15NO3. The van der Waals surface area contributed by atoms with Gasteiger partial charge < -0.3 is 9.63 Å². The SMILES string of the molecule is O=C(O)CCc1onc(-c2ccccc2)c1-c1ccccc1. The molecule has 2 aromatic carbocycles. The van der Waals surface area contributed by atoms with Crippen LogP contribution in [0.3, 0.4) is 0 Å². The minimum absolute atomic E-state index is 0.0171. The zero-order chi connectivity index (χ0) is 15.4. The average Bonchev–Trinajstić information content (AvgIpc) is 2.98. The van der Waals surface area contributed by atoms with E-state index in [1.165, 1.54) is 0 Å². The Balaban J connectivity index is 2.09. The van der Waals surface area contributed by atoms with Gasteiger partial charge in [-0.2, -0.15) is 0 Å². The van der Waals surface area contributed by atoms with Gasteiger partial charge in [-0.25, -0.2) is 0 Å². The number of hydrogen-bond donors (Lipinski definition) is 1. The molecule has 0 aliphatic rings. The summed E-state index contributed by atoms with van der Waals surface area (Å²) in [6.45, 7) is 0. The van der Waals surface area contributed by atoms with Crippen molar-refractivity contribution >= 4 is 5.97 Å². The Labute approximate surface area is 128 Å². The molecule has 1 aromatic heterocycles. The lowest BCUT2D eigenvalue weighted by atomic mass is 9.98. The van der Waals surface area contributed by atoms with Crippen LogP contribution in [-0.4, -0.2) is 16.2 Å². The molecule has 1 N–H and O–H groups in total. The number of aryl methyl sites for hydroxylation is 1. The van der Waals surface area contributed by atoms with Crippen molar-refractivity contribution in [2.45, 2.75) is 12.8 Å². The summed E-state index contributed by atoms with van der Waals surface area (Å²) in [7, 11) is 0. The van der Waals surface area contributed by atoms with Gasteiger partial charge in [0.05, 0.1) is 12.0 Å². The Morgan fingerprint density at radius 3 is 2.14 bits per heavy atom. The van der Waals surface area contributed by atoms with Gasteiger partial charge in [-0.15, -0.1) is 0 Å². The molecular weight excluding hydrogens is 278 g/mol. The van der Waals surface area contributed by atoms with Gasteiger partial charge >= 0.3 is 5.97 Å². The van der Waals surface area contributed by atoms with Crippen LogP contribution in [-0.2, 0) is 11.2 Å². The van der Waals surface area contributed by atoms with Gasteiger partial charge in [0.25, 0.3) is 0 Å². The maximum atomic E-state index is 10.8. The molecule has 3 rings (SSSR count). The molecule has 4 heteroatoms. The highest BCUT2D eigenvalue weighted by atomic mass is 16.5. The fraction of sp³-hybridized carbons (Fsp3) is 0.111. The van der Waals surface area contributed by atoms with Crippen molar-refractivity contribution in [3.05, 3.63) is 66.4 Å². The van der Waals surface area contributed by atoms with Gasteiger partial charge in [-0.05, 0) is 5.56 Å². The van der Waals surface area contributed by atoms with Crippen LogP contribution < -0.4 is 0 Å². The summed E-state index contributed by atoms with van der Waals surface area (Å²) < 4.78 is 5.44. The lowest BCUT2D eigenvalue weighted by Crippen LogP contribution is -1.97. The van der Waals surface area contributed by atoms with Gasteiger partial charge in [0.1, 0.15) is 11.5 Å². The summed E-state index contributed by atoms with van der Waals surface area (Å²) in [6, 6.07) is 19.5. The van der Waals surface area contributed by atoms with Crippen LogP contribution in [0.2, 0.25) is 0 Å². The summed E-state index contributed by atoms with van der Waals surface area (Å²) in [5.41, 5.74) is 3.54. The first-order valence-corrected chi connectivity index (χ1v) is 7.07. The largest absolute Gasteiger partial charge is 0.481 e. The van der Waals surface area contributed by atoms with E-state index in [2.05, 4.69) is 5.16 Å². The highest BCUT2D eigenvalue weighted by Crippen LogP contribution is 2.34. The summed E-state index contributed by atoms with van der Waals surface area (Å²) in [5.74, 6) is -0.246. The number of nitrogens with zero attached hydrogens (tertiary/aromatic N) is 1. The first-order valence-electron chi connectivity index (χ1n) is 7.07. The summed E-state index contributed by atoms with van der Waals surface area (Å²) in [5, 5.41) is 13.1. The van der Waals surface area contributed by atoms with Crippen LogP contribution in [0, 0.1) is 0 Å². The summed E-state index contributed by atoms with van der Waals surface area (Å²) in [4.78, 5) is 10.8. The Hall–Kier alpha value is -2.88. The number of carboxylic acids is 1. The van der Waals surface area contributed by atoms with Crippen LogP contribution >= 0.6 is 0 Å². The number of hydrogen-bond acceptors (Lipinski definition) is 3. The minimum atomic E-state index is -0.850. The minimum Gasteiger partial charge on any atom is -0.481 e. The topological polar surface area (TPSA) is 63.3 Å². The molecule has 3 aromatic rings. The lowest BCUT2D eigenvalue weighted by Gasteiger charge is -2.04. The van der Waals surface area contributed by atoms with Gasteiger partial charge in [0.2, 0.25) is 0 Å². The van der Waals surface area contributed by atoms with Crippen LogP contribution in [0.1, 0.15) is 12.2 Å². The van der Waals surface area contributed by atoms with Crippen LogP contribution in [0.5, 0.6) is 0 Å². The summed E-state index contributed by atoms with van der Waals surface area (Å²) >= 11 is 0. The monoisotopic (exact) mass is 293 g/mol. The highest BCUT2D eigenvalue weighted by Gasteiger charge is 2.19. The second kappa shape index (κ2) is 6.26. The number of aromatic nitrogens is 1. The fourth-order valence-corrected chi connectivity index (χ4v) is 2.41. The third-order valence-electron chi connectivity index (χ3n) is 3.44. The van der Waals surface area contributed by atoms with Crippen molar-refractivity contribution in [1.82, 2.24) is 5.16 Å². The molecule has 0 atom stereocenters. The van der Waals surface area contributed by atoms with Gasteiger partial charge in [-0.3, -0.25) is 4.79 Å². The van der Waals surface area contributed by atoms with E-state index in [1.54, 1.807) is 0 Å².